The molecule has 0 unspecified atom stereocenters. The van der Waals surface area contributed by atoms with E-state index in [0.29, 0.717) is 10.6 Å². The van der Waals surface area contributed by atoms with Crippen molar-refractivity contribution in [1.82, 2.24) is 4.57 Å². The molecular formula is C21H14ClFN2O3. The van der Waals surface area contributed by atoms with Crippen LogP contribution in [0.3, 0.4) is 0 Å². The van der Waals surface area contributed by atoms with Gasteiger partial charge in [0.1, 0.15) is 17.4 Å². The number of hydrogen-bond acceptors (Lipinski definition) is 4. The van der Waals surface area contributed by atoms with Gasteiger partial charge in [0.15, 0.2) is 5.78 Å². The summed E-state index contributed by atoms with van der Waals surface area (Å²) in [6, 6.07) is 13.2. The molecule has 3 aromatic rings. The fourth-order valence-electron chi connectivity index (χ4n) is 2.89. The van der Waals surface area contributed by atoms with Crippen LogP contribution in [-0.2, 0) is 6.54 Å². The zero-order valence-corrected chi connectivity index (χ0v) is 15.5. The Kier molecular flexibility index (Phi) is 5.30. The molecule has 0 aliphatic heterocycles. The van der Waals surface area contributed by atoms with E-state index in [1.165, 1.54) is 55.5 Å². The fraction of sp³-hybridized carbons (Fsp3) is 0.0952. The Morgan fingerprint density at radius 1 is 1.18 bits per heavy atom. The van der Waals surface area contributed by atoms with Crippen LogP contribution in [0.25, 0.3) is 0 Å². The zero-order valence-electron chi connectivity index (χ0n) is 14.7. The molecule has 0 amide bonds. The van der Waals surface area contributed by atoms with E-state index in [2.05, 4.69) is 0 Å². The average molecular weight is 397 g/mol. The Morgan fingerprint density at radius 3 is 2.36 bits per heavy atom. The Bertz CT molecular complexity index is 1160. The summed E-state index contributed by atoms with van der Waals surface area (Å²) in [5, 5.41) is 20.6. The van der Waals surface area contributed by atoms with E-state index in [1.807, 2.05) is 0 Å². The normalized spacial score (nSPS) is 10.5. The predicted molar refractivity (Wildman–Crippen MR) is 102 cm³/mol. The quantitative estimate of drug-likeness (QED) is 0.680. The molecular weight excluding hydrogens is 383 g/mol. The number of ketones is 1. The monoisotopic (exact) mass is 396 g/mol. The van der Waals surface area contributed by atoms with Crippen LogP contribution in [0, 0.1) is 24.1 Å². The Labute approximate surface area is 164 Å². The molecule has 1 aromatic heterocycles. The van der Waals surface area contributed by atoms with Crippen LogP contribution in [0.15, 0.2) is 53.3 Å². The SMILES string of the molecule is Cc1c(C(=O)c2ccc(Cl)cc2)c(O)n(Cc2ccc(F)cc2)c(=O)c1C#N. The Morgan fingerprint density at radius 2 is 1.79 bits per heavy atom. The van der Waals surface area contributed by atoms with Gasteiger partial charge in [-0.15, -0.1) is 0 Å². The molecule has 0 atom stereocenters. The minimum atomic E-state index is -0.727. The van der Waals surface area contributed by atoms with E-state index >= 15 is 0 Å². The summed E-state index contributed by atoms with van der Waals surface area (Å²) in [4.78, 5) is 25.6. The Hall–Kier alpha value is -3.43. The zero-order chi connectivity index (χ0) is 20.4. The van der Waals surface area contributed by atoms with E-state index in [0.717, 1.165) is 4.57 Å². The number of benzene rings is 2. The summed E-state index contributed by atoms with van der Waals surface area (Å²) in [5.74, 6) is -1.54. The second-order valence-corrected chi connectivity index (χ2v) is 6.60. The van der Waals surface area contributed by atoms with Crippen molar-refractivity contribution in [2.75, 3.05) is 0 Å². The number of nitriles is 1. The third-order valence-corrected chi connectivity index (χ3v) is 4.64. The topological polar surface area (TPSA) is 83.1 Å². The Balaban J connectivity index is 2.19. The molecule has 0 radical (unpaired) electrons. The fourth-order valence-corrected chi connectivity index (χ4v) is 3.01. The summed E-state index contributed by atoms with van der Waals surface area (Å²) in [5.41, 5.74) is -0.234. The van der Waals surface area contributed by atoms with Crippen LogP contribution in [0.2, 0.25) is 5.02 Å². The van der Waals surface area contributed by atoms with Crippen molar-refractivity contribution in [3.63, 3.8) is 0 Å². The van der Waals surface area contributed by atoms with Gasteiger partial charge in [-0.3, -0.25) is 14.2 Å². The smallest absolute Gasteiger partial charge is 0.271 e. The molecule has 28 heavy (non-hydrogen) atoms. The molecule has 0 saturated carbocycles. The highest BCUT2D eigenvalue weighted by Gasteiger charge is 2.25. The van der Waals surface area contributed by atoms with Gasteiger partial charge in [-0.2, -0.15) is 5.26 Å². The molecule has 3 rings (SSSR count). The van der Waals surface area contributed by atoms with Gasteiger partial charge in [0.05, 0.1) is 12.1 Å². The largest absolute Gasteiger partial charge is 0.494 e. The highest BCUT2D eigenvalue weighted by molar-refractivity contribution is 6.30. The maximum absolute atomic E-state index is 13.1. The van der Waals surface area contributed by atoms with E-state index in [-0.39, 0.29) is 28.8 Å². The van der Waals surface area contributed by atoms with Crippen molar-refractivity contribution in [3.8, 4) is 11.9 Å². The van der Waals surface area contributed by atoms with Crippen LogP contribution >= 0.6 is 11.6 Å². The molecule has 2 aromatic carbocycles. The van der Waals surface area contributed by atoms with Crippen LogP contribution in [0.1, 0.15) is 32.6 Å². The first-order valence-corrected chi connectivity index (χ1v) is 8.62. The van der Waals surface area contributed by atoms with E-state index in [1.54, 1.807) is 6.07 Å². The number of hydrogen-bond donors (Lipinski definition) is 1. The summed E-state index contributed by atoms with van der Waals surface area (Å²) in [7, 11) is 0. The molecule has 0 aliphatic carbocycles. The number of aromatic nitrogens is 1. The predicted octanol–water partition coefficient (Wildman–Crippen LogP) is 3.81. The summed E-state index contributed by atoms with van der Waals surface area (Å²) in [6.07, 6.45) is 0. The van der Waals surface area contributed by atoms with Gasteiger partial charge in [0, 0.05) is 10.6 Å². The first kappa shape index (κ1) is 19.3. The maximum Gasteiger partial charge on any atom is 0.271 e. The average Bonchev–Trinajstić information content (AvgIpc) is 2.67. The first-order valence-electron chi connectivity index (χ1n) is 8.24. The minimum absolute atomic E-state index is 0.0975. The highest BCUT2D eigenvalue weighted by Crippen LogP contribution is 2.26. The van der Waals surface area contributed by atoms with Gasteiger partial charge in [-0.1, -0.05) is 23.7 Å². The second-order valence-electron chi connectivity index (χ2n) is 6.16. The molecule has 1 heterocycles. The number of rotatable bonds is 4. The van der Waals surface area contributed by atoms with Crippen LogP contribution in [0.5, 0.6) is 5.88 Å². The van der Waals surface area contributed by atoms with Crippen molar-refractivity contribution >= 4 is 17.4 Å². The third-order valence-electron chi connectivity index (χ3n) is 4.39. The maximum atomic E-state index is 13.1. The summed E-state index contributed by atoms with van der Waals surface area (Å²) in [6.45, 7) is 1.31. The van der Waals surface area contributed by atoms with Crippen LogP contribution in [-0.4, -0.2) is 15.5 Å². The molecule has 7 heteroatoms. The number of nitrogens with zero attached hydrogens (tertiary/aromatic N) is 2. The lowest BCUT2D eigenvalue weighted by molar-refractivity contribution is 0.103. The van der Waals surface area contributed by atoms with Gasteiger partial charge in [0.25, 0.3) is 5.56 Å². The van der Waals surface area contributed by atoms with Gasteiger partial charge in [-0.05, 0) is 54.4 Å². The van der Waals surface area contributed by atoms with Crippen molar-refractivity contribution < 1.29 is 14.3 Å². The van der Waals surface area contributed by atoms with Crippen LogP contribution < -0.4 is 5.56 Å². The van der Waals surface area contributed by atoms with Crippen molar-refractivity contribution in [2.45, 2.75) is 13.5 Å². The molecule has 0 spiro atoms. The van der Waals surface area contributed by atoms with E-state index in [9.17, 15) is 24.3 Å². The van der Waals surface area contributed by atoms with E-state index < -0.39 is 23.0 Å². The van der Waals surface area contributed by atoms with Gasteiger partial charge < -0.3 is 5.11 Å². The van der Waals surface area contributed by atoms with Gasteiger partial charge in [-0.25, -0.2) is 4.39 Å². The molecule has 0 fully saturated rings. The molecule has 5 nitrogen and oxygen atoms in total. The molecule has 0 bridgehead atoms. The highest BCUT2D eigenvalue weighted by atomic mass is 35.5. The van der Waals surface area contributed by atoms with Gasteiger partial charge in [0.2, 0.25) is 5.88 Å². The molecule has 140 valence electrons. The second kappa shape index (κ2) is 7.67. The lowest BCUT2D eigenvalue weighted by atomic mass is 9.97. The number of pyridine rings is 1. The third kappa shape index (κ3) is 3.53. The number of halogens is 2. The number of carbonyl (C=O) groups excluding carboxylic acids is 1. The van der Waals surface area contributed by atoms with Crippen molar-refractivity contribution in [2.24, 2.45) is 0 Å². The summed E-state index contributed by atoms with van der Waals surface area (Å²) < 4.78 is 14.1. The first-order chi connectivity index (χ1) is 13.3. The lowest BCUT2D eigenvalue weighted by Gasteiger charge is -2.15. The number of aromatic hydroxyl groups is 1. The lowest BCUT2D eigenvalue weighted by Crippen LogP contribution is -2.27. The molecule has 1 N–H and O–H groups in total. The standard InChI is InChI=1S/C21H14ClFN2O3/c1-12-17(10-24)20(27)25(11-13-2-8-16(23)9-3-13)21(28)18(12)19(26)14-4-6-15(22)7-5-14/h2-9,28H,11H2,1H3. The minimum Gasteiger partial charge on any atom is -0.494 e. The summed E-state index contributed by atoms with van der Waals surface area (Å²) >= 11 is 5.84. The number of carbonyl (C=O) groups is 1. The molecule has 0 saturated heterocycles. The van der Waals surface area contributed by atoms with Crippen LogP contribution in [0.4, 0.5) is 4.39 Å². The van der Waals surface area contributed by atoms with Crippen molar-refractivity contribution in [1.29, 1.82) is 5.26 Å². The van der Waals surface area contributed by atoms with Crippen molar-refractivity contribution in [3.05, 3.63) is 97.5 Å². The molecule has 0 aliphatic rings. The van der Waals surface area contributed by atoms with Gasteiger partial charge >= 0.3 is 0 Å². The van der Waals surface area contributed by atoms with E-state index in [4.69, 9.17) is 11.6 Å².